The molecule has 6 aromatic rings. The van der Waals surface area contributed by atoms with Crippen LogP contribution in [0.5, 0.6) is 0 Å². The molecule has 8 rings (SSSR count). The lowest BCUT2D eigenvalue weighted by Crippen LogP contribution is -2.26. The van der Waals surface area contributed by atoms with Gasteiger partial charge in [0.15, 0.2) is 12.6 Å². The maximum Gasteiger partial charge on any atom is 0.157 e. The molecule has 2 saturated heterocycles. The first-order valence-corrected chi connectivity index (χ1v) is 28.1. The highest BCUT2D eigenvalue weighted by molar-refractivity contribution is 5.74. The Kier molecular flexibility index (Phi) is 22.9. The molecule has 12 nitrogen and oxygen atoms in total. The Bertz CT molecular complexity index is 2530. The average molecular weight is 1020 g/mol. The standard InChI is InChI=1S/C64H78N8O4/c1-3-5-41-71(43-9-13-47-75-63-15-7-11-45-73-63)59-33-29-57(30-34-59)69-67-55-25-21-51(22-26-55)17-19-53-37-39-65-61(49-53)62-50-54(38-40-66-62)20-18-52-23-27-56(28-24-52)68-70-58-31-35-60(36-32-58)72(42-6-4-2)44-10-14-48-76-64-16-8-12-46-74-64/h17-40,49-50,63-64H,3-16,41-48H2,1-2H3/b19-17+,20-18+,69-67?,70-68?. The van der Waals surface area contributed by atoms with Crippen LogP contribution in [0.15, 0.2) is 154 Å². The molecule has 76 heavy (non-hydrogen) atoms. The minimum absolute atomic E-state index is 0.0139. The largest absolute Gasteiger partial charge is 0.372 e. The van der Waals surface area contributed by atoms with Crippen molar-refractivity contribution in [2.45, 2.75) is 116 Å². The smallest absolute Gasteiger partial charge is 0.157 e. The minimum Gasteiger partial charge on any atom is -0.372 e. The van der Waals surface area contributed by atoms with Crippen molar-refractivity contribution in [3.63, 3.8) is 0 Å². The van der Waals surface area contributed by atoms with Gasteiger partial charge in [0.05, 0.1) is 34.1 Å². The predicted octanol–water partition coefficient (Wildman–Crippen LogP) is 17.2. The molecule has 0 aliphatic carbocycles. The first-order chi connectivity index (χ1) is 37.6. The minimum atomic E-state index is -0.0139. The Balaban J connectivity index is 0.781. The van der Waals surface area contributed by atoms with E-state index in [-0.39, 0.29) is 12.6 Å². The molecule has 4 heterocycles. The van der Waals surface area contributed by atoms with Gasteiger partial charge in [-0.05, 0) is 196 Å². The van der Waals surface area contributed by atoms with E-state index in [1.807, 2.05) is 48.8 Å². The van der Waals surface area contributed by atoms with Gasteiger partial charge < -0.3 is 28.7 Å². The second kappa shape index (κ2) is 31.4. The monoisotopic (exact) mass is 1020 g/mol. The second-order valence-electron chi connectivity index (χ2n) is 19.7. The van der Waals surface area contributed by atoms with Crippen LogP contribution in [0.25, 0.3) is 35.7 Å². The van der Waals surface area contributed by atoms with E-state index < -0.39 is 0 Å². The van der Waals surface area contributed by atoms with E-state index in [4.69, 9.17) is 18.9 Å². The molecule has 4 aromatic carbocycles. The Morgan fingerprint density at radius 2 is 0.816 bits per heavy atom. The lowest BCUT2D eigenvalue weighted by molar-refractivity contribution is -0.162. The van der Waals surface area contributed by atoms with Crippen LogP contribution in [0.1, 0.15) is 126 Å². The van der Waals surface area contributed by atoms with Gasteiger partial charge in [-0.15, -0.1) is 0 Å². The van der Waals surface area contributed by atoms with Crippen LogP contribution >= 0.6 is 0 Å². The zero-order chi connectivity index (χ0) is 52.2. The molecule has 0 saturated carbocycles. The highest BCUT2D eigenvalue weighted by Crippen LogP contribution is 2.27. The van der Waals surface area contributed by atoms with E-state index in [9.17, 15) is 0 Å². The van der Waals surface area contributed by atoms with Gasteiger partial charge in [-0.2, -0.15) is 20.5 Å². The van der Waals surface area contributed by atoms with E-state index in [0.717, 1.165) is 186 Å². The maximum absolute atomic E-state index is 5.96. The number of benzene rings is 4. The molecule has 2 aliphatic heterocycles. The second-order valence-corrected chi connectivity index (χ2v) is 19.7. The maximum atomic E-state index is 5.96. The van der Waals surface area contributed by atoms with E-state index in [0.29, 0.717) is 0 Å². The number of azo groups is 2. The first kappa shape index (κ1) is 55.5. The van der Waals surface area contributed by atoms with Crippen LogP contribution in [0.3, 0.4) is 0 Å². The number of aromatic nitrogens is 2. The SMILES string of the molecule is CCCCN(CCCCOC1CCCCO1)c1ccc(N=Nc2ccc(/C=C/c3ccnc(-c4cc(/C=C/c5ccc(N=Nc6ccc(N(CCCC)CCCCOC7CCCCO7)cc6)cc5)ccn4)c3)cc2)cc1. The lowest BCUT2D eigenvalue weighted by atomic mass is 10.1. The fourth-order valence-corrected chi connectivity index (χ4v) is 9.12. The highest BCUT2D eigenvalue weighted by atomic mass is 16.7. The highest BCUT2D eigenvalue weighted by Gasteiger charge is 2.16. The van der Waals surface area contributed by atoms with Gasteiger partial charge in [-0.3, -0.25) is 9.97 Å². The summed E-state index contributed by atoms with van der Waals surface area (Å²) in [6.45, 7) is 11.7. The summed E-state index contributed by atoms with van der Waals surface area (Å²) in [4.78, 5) is 14.3. The van der Waals surface area contributed by atoms with Crippen molar-refractivity contribution >= 4 is 58.4 Å². The molecule has 0 bridgehead atoms. The summed E-state index contributed by atoms with van der Waals surface area (Å²) in [6.07, 6.45) is 27.6. The van der Waals surface area contributed by atoms with Crippen molar-refractivity contribution < 1.29 is 18.9 Å². The quantitative estimate of drug-likeness (QED) is 0.0337. The van der Waals surface area contributed by atoms with Crippen molar-refractivity contribution in [3.8, 4) is 11.4 Å². The van der Waals surface area contributed by atoms with Gasteiger partial charge in [-0.1, -0.05) is 75.3 Å². The Labute approximate surface area is 452 Å². The number of unbranched alkanes of at least 4 members (excludes halogenated alkanes) is 4. The summed E-state index contributed by atoms with van der Waals surface area (Å²) < 4.78 is 23.3. The van der Waals surface area contributed by atoms with Crippen LogP contribution in [0, 0.1) is 0 Å². The number of pyridine rings is 2. The molecule has 2 atom stereocenters. The van der Waals surface area contributed by atoms with Crippen LogP contribution in [0.4, 0.5) is 34.1 Å². The van der Waals surface area contributed by atoms with Crippen LogP contribution in [-0.2, 0) is 18.9 Å². The Hall–Kier alpha value is -6.70. The fourth-order valence-electron chi connectivity index (χ4n) is 9.12. The van der Waals surface area contributed by atoms with Crippen molar-refractivity contribution in [3.05, 3.63) is 156 Å². The molecular formula is C64H78N8O4. The van der Waals surface area contributed by atoms with Crippen LogP contribution < -0.4 is 9.80 Å². The molecule has 12 heteroatoms. The van der Waals surface area contributed by atoms with E-state index in [2.05, 4.69) is 163 Å². The van der Waals surface area contributed by atoms with Gasteiger partial charge in [0, 0.05) is 76.4 Å². The van der Waals surface area contributed by atoms with Gasteiger partial charge in [0.1, 0.15) is 0 Å². The van der Waals surface area contributed by atoms with Crippen molar-refractivity contribution in [2.24, 2.45) is 20.5 Å². The van der Waals surface area contributed by atoms with Gasteiger partial charge >= 0.3 is 0 Å². The molecule has 2 aromatic heterocycles. The van der Waals surface area contributed by atoms with Crippen molar-refractivity contribution in [1.82, 2.24) is 9.97 Å². The lowest BCUT2D eigenvalue weighted by Gasteiger charge is -2.25. The number of hydrogen-bond acceptors (Lipinski definition) is 12. The molecule has 0 radical (unpaired) electrons. The van der Waals surface area contributed by atoms with E-state index >= 15 is 0 Å². The normalized spacial score (nSPS) is 16.1. The average Bonchev–Trinajstić information content (AvgIpc) is 3.48. The number of nitrogens with zero attached hydrogens (tertiary/aromatic N) is 8. The number of ether oxygens (including phenoxy) is 4. The fraction of sp³-hybridized carbons (Fsp3) is 0.406. The first-order valence-electron chi connectivity index (χ1n) is 28.1. The molecule has 2 unspecified atom stereocenters. The molecule has 0 spiro atoms. The molecule has 2 aliphatic rings. The van der Waals surface area contributed by atoms with E-state index in [1.165, 1.54) is 24.2 Å². The summed E-state index contributed by atoms with van der Waals surface area (Å²) in [5.41, 5.74) is 11.5. The van der Waals surface area contributed by atoms with Gasteiger partial charge in [0.25, 0.3) is 0 Å². The van der Waals surface area contributed by atoms with E-state index in [1.54, 1.807) is 0 Å². The zero-order valence-corrected chi connectivity index (χ0v) is 44.9. The number of hydrogen-bond donors (Lipinski definition) is 0. The third-order valence-electron chi connectivity index (χ3n) is 13.6. The summed E-state index contributed by atoms with van der Waals surface area (Å²) in [6, 6.07) is 41.2. The summed E-state index contributed by atoms with van der Waals surface area (Å²) >= 11 is 0. The van der Waals surface area contributed by atoms with Crippen molar-refractivity contribution in [1.29, 1.82) is 0 Å². The third-order valence-corrected chi connectivity index (χ3v) is 13.6. The zero-order valence-electron chi connectivity index (χ0n) is 44.9. The van der Waals surface area contributed by atoms with Gasteiger partial charge in [-0.25, -0.2) is 0 Å². The van der Waals surface area contributed by atoms with Crippen molar-refractivity contribution in [2.75, 3.05) is 62.4 Å². The summed E-state index contributed by atoms with van der Waals surface area (Å²) in [7, 11) is 0. The Morgan fingerprint density at radius 1 is 0.447 bits per heavy atom. The predicted molar refractivity (Wildman–Crippen MR) is 311 cm³/mol. The molecule has 2 fully saturated rings. The number of anilines is 2. The molecular weight excluding hydrogens is 945 g/mol. The van der Waals surface area contributed by atoms with Gasteiger partial charge in [0.2, 0.25) is 0 Å². The molecule has 0 amide bonds. The van der Waals surface area contributed by atoms with Crippen LogP contribution in [-0.4, -0.2) is 75.2 Å². The summed E-state index contributed by atoms with van der Waals surface area (Å²) in [5.74, 6) is 0. The topological polar surface area (TPSA) is 119 Å². The summed E-state index contributed by atoms with van der Waals surface area (Å²) in [5, 5.41) is 18.1. The third kappa shape index (κ3) is 18.8. The molecule has 0 N–H and O–H groups in total. The van der Waals surface area contributed by atoms with Crippen LogP contribution in [0.2, 0.25) is 0 Å². The number of rotatable bonds is 29. The molecule has 398 valence electrons. The Morgan fingerprint density at radius 3 is 1.18 bits per heavy atom.